The summed E-state index contributed by atoms with van der Waals surface area (Å²) in [4.78, 5) is 41.2. The third-order valence-electron chi connectivity index (χ3n) is 6.38. The zero-order chi connectivity index (χ0) is 26.2. The molecule has 1 aromatic carbocycles. The minimum atomic E-state index is -0.793. The Balaban J connectivity index is 2.31. The van der Waals surface area contributed by atoms with Gasteiger partial charge in [-0.3, -0.25) is 9.59 Å². The molecule has 196 valence electrons. The molecule has 0 aromatic heterocycles. The van der Waals surface area contributed by atoms with E-state index >= 15 is 0 Å². The lowest BCUT2D eigenvalue weighted by Gasteiger charge is -2.33. The van der Waals surface area contributed by atoms with Crippen LogP contribution in [0, 0.1) is 13.8 Å². The number of benzene rings is 1. The molecule has 0 spiro atoms. The lowest BCUT2D eigenvalue weighted by Crippen LogP contribution is -2.52. The first-order valence-electron chi connectivity index (χ1n) is 12.6. The average Bonchev–Trinajstić information content (AvgIpc) is 2.78. The Bertz CT molecular complexity index is 878. The molecule has 7 nitrogen and oxygen atoms in total. The van der Waals surface area contributed by atoms with Crippen LogP contribution in [0.5, 0.6) is 0 Å². The molecule has 0 radical (unpaired) electrons. The highest BCUT2D eigenvalue weighted by Crippen LogP contribution is 2.26. The van der Waals surface area contributed by atoms with Crippen LogP contribution in [0.4, 0.5) is 4.79 Å². The van der Waals surface area contributed by atoms with Crippen LogP contribution in [-0.4, -0.2) is 59.5 Å². The van der Waals surface area contributed by atoms with Crippen molar-refractivity contribution in [3.63, 3.8) is 0 Å². The number of likely N-dealkylation sites (N-methyl/N-ethyl adjacent to an activating group) is 1. The number of amides is 3. The Hall–Kier alpha value is -2.22. The minimum Gasteiger partial charge on any atom is -0.444 e. The number of aryl methyl sites for hydroxylation is 2. The summed E-state index contributed by atoms with van der Waals surface area (Å²) in [7, 11) is 1.64. The fourth-order valence-corrected chi connectivity index (χ4v) is 4.80. The molecule has 0 heterocycles. The monoisotopic (exact) mass is 505 g/mol. The van der Waals surface area contributed by atoms with Crippen LogP contribution >= 0.6 is 11.8 Å². The molecule has 0 aliphatic heterocycles. The van der Waals surface area contributed by atoms with Gasteiger partial charge in [-0.2, -0.15) is 11.8 Å². The first-order valence-corrected chi connectivity index (χ1v) is 13.9. The summed E-state index contributed by atoms with van der Waals surface area (Å²) in [6.07, 6.45) is 7.06. The van der Waals surface area contributed by atoms with Gasteiger partial charge in [0.1, 0.15) is 17.7 Å². The number of hydrogen-bond donors (Lipinski definition) is 2. The number of carbonyl (C=O) groups is 3. The molecule has 2 unspecified atom stereocenters. The molecule has 1 saturated carbocycles. The Morgan fingerprint density at radius 3 is 2.34 bits per heavy atom. The van der Waals surface area contributed by atoms with Gasteiger partial charge in [-0.25, -0.2) is 4.79 Å². The normalized spacial score (nSPS) is 16.2. The zero-order valence-electron chi connectivity index (χ0n) is 22.4. The lowest BCUT2D eigenvalue weighted by molar-refractivity contribution is -0.141. The van der Waals surface area contributed by atoms with Gasteiger partial charge < -0.3 is 20.3 Å². The average molecular weight is 506 g/mol. The Kier molecular flexibility index (Phi) is 10.9. The first kappa shape index (κ1) is 29.0. The van der Waals surface area contributed by atoms with Gasteiger partial charge in [-0.15, -0.1) is 0 Å². The topological polar surface area (TPSA) is 87.7 Å². The molecule has 35 heavy (non-hydrogen) atoms. The summed E-state index contributed by atoms with van der Waals surface area (Å²) in [6, 6.07) is 4.41. The number of ether oxygens (including phenoxy) is 1. The molecule has 1 aliphatic rings. The fraction of sp³-hybridized carbons (Fsp3) is 0.667. The van der Waals surface area contributed by atoms with Gasteiger partial charge in [-0.05, 0) is 82.6 Å². The molecule has 1 aromatic rings. The summed E-state index contributed by atoms with van der Waals surface area (Å²) >= 11 is 1.60. The Labute approximate surface area is 215 Å². The third kappa shape index (κ3) is 9.06. The van der Waals surface area contributed by atoms with E-state index in [2.05, 4.69) is 10.6 Å². The highest BCUT2D eigenvalue weighted by atomic mass is 32.2. The number of hydrogen-bond acceptors (Lipinski definition) is 5. The highest BCUT2D eigenvalue weighted by molar-refractivity contribution is 7.98. The lowest BCUT2D eigenvalue weighted by atomic mass is 9.94. The van der Waals surface area contributed by atoms with Gasteiger partial charge >= 0.3 is 6.09 Å². The molecule has 1 aliphatic carbocycles. The smallest absolute Gasteiger partial charge is 0.408 e. The SMILES string of the molecule is CSCCC(NC(=O)OC(C)(C)C)C(=O)N(C)C(C(=O)NC1CCCCC1)c1ccc(C)c(C)c1. The van der Waals surface area contributed by atoms with Crippen molar-refractivity contribution < 1.29 is 19.1 Å². The summed E-state index contributed by atoms with van der Waals surface area (Å²) in [5.74, 6) is 0.187. The number of nitrogens with one attached hydrogen (secondary N) is 2. The van der Waals surface area contributed by atoms with Crippen molar-refractivity contribution in [2.45, 2.75) is 96.9 Å². The molecule has 1 fully saturated rings. The number of carbonyl (C=O) groups excluding carboxylic acids is 3. The second-order valence-corrected chi connectivity index (χ2v) is 11.5. The first-order chi connectivity index (χ1) is 16.4. The van der Waals surface area contributed by atoms with E-state index < -0.39 is 23.8 Å². The number of rotatable bonds is 9. The molecule has 0 bridgehead atoms. The van der Waals surface area contributed by atoms with Crippen LogP contribution in [0.3, 0.4) is 0 Å². The predicted octanol–water partition coefficient (Wildman–Crippen LogP) is 4.90. The molecule has 2 rings (SSSR count). The summed E-state index contributed by atoms with van der Waals surface area (Å²) < 4.78 is 5.39. The largest absolute Gasteiger partial charge is 0.444 e. The van der Waals surface area contributed by atoms with Crippen LogP contribution in [0.2, 0.25) is 0 Å². The number of alkyl carbamates (subject to hydrolysis) is 1. The van der Waals surface area contributed by atoms with Crippen molar-refractivity contribution in [1.82, 2.24) is 15.5 Å². The number of nitrogens with zero attached hydrogens (tertiary/aromatic N) is 1. The standard InChI is InChI=1S/C27H43N3O4S/c1-18-13-14-20(17-19(18)2)23(24(31)28-21-11-9-8-10-12-21)30(6)25(32)22(15-16-35-7)29-26(33)34-27(3,4)5/h13-14,17,21-23H,8-12,15-16H2,1-7H3,(H,28,31)(H,29,33). The van der Waals surface area contributed by atoms with Gasteiger partial charge in [0.25, 0.3) is 0 Å². The minimum absolute atomic E-state index is 0.126. The van der Waals surface area contributed by atoms with E-state index in [0.717, 1.165) is 42.4 Å². The maximum atomic E-state index is 13.7. The molecule has 3 amide bonds. The van der Waals surface area contributed by atoms with Crippen LogP contribution in [0.25, 0.3) is 0 Å². The van der Waals surface area contributed by atoms with Gasteiger partial charge in [0.05, 0.1) is 0 Å². The third-order valence-corrected chi connectivity index (χ3v) is 7.03. The van der Waals surface area contributed by atoms with Gasteiger partial charge in [-0.1, -0.05) is 37.5 Å². The van der Waals surface area contributed by atoms with Crippen LogP contribution in [0.1, 0.15) is 82.0 Å². The Morgan fingerprint density at radius 2 is 1.77 bits per heavy atom. The van der Waals surface area contributed by atoms with E-state index in [9.17, 15) is 14.4 Å². The van der Waals surface area contributed by atoms with E-state index in [1.165, 1.54) is 11.3 Å². The fourth-order valence-electron chi connectivity index (χ4n) is 4.33. The van der Waals surface area contributed by atoms with Gasteiger partial charge in [0.2, 0.25) is 11.8 Å². The van der Waals surface area contributed by atoms with E-state index in [0.29, 0.717) is 12.2 Å². The van der Waals surface area contributed by atoms with Crippen LogP contribution < -0.4 is 10.6 Å². The van der Waals surface area contributed by atoms with Crippen molar-refractivity contribution >= 4 is 29.7 Å². The maximum Gasteiger partial charge on any atom is 0.408 e. The van der Waals surface area contributed by atoms with Crippen molar-refractivity contribution in [2.24, 2.45) is 0 Å². The van der Waals surface area contributed by atoms with E-state index in [-0.39, 0.29) is 17.9 Å². The molecular formula is C27H43N3O4S. The Morgan fingerprint density at radius 1 is 1.11 bits per heavy atom. The predicted molar refractivity (Wildman–Crippen MR) is 143 cm³/mol. The number of thioether (sulfide) groups is 1. The van der Waals surface area contributed by atoms with E-state index in [1.54, 1.807) is 39.6 Å². The van der Waals surface area contributed by atoms with Crippen molar-refractivity contribution in [3.8, 4) is 0 Å². The molecule has 0 saturated heterocycles. The quantitative estimate of drug-likeness (QED) is 0.499. The molecule has 8 heteroatoms. The summed E-state index contributed by atoms with van der Waals surface area (Å²) in [5.41, 5.74) is 2.27. The molecule has 2 atom stereocenters. The van der Waals surface area contributed by atoms with Crippen LogP contribution in [-0.2, 0) is 14.3 Å². The van der Waals surface area contributed by atoms with Crippen molar-refractivity contribution in [3.05, 3.63) is 34.9 Å². The molecular weight excluding hydrogens is 462 g/mol. The summed E-state index contributed by atoms with van der Waals surface area (Å²) in [5, 5.41) is 5.93. The van der Waals surface area contributed by atoms with Gasteiger partial charge in [0, 0.05) is 13.1 Å². The van der Waals surface area contributed by atoms with Crippen molar-refractivity contribution in [1.29, 1.82) is 0 Å². The van der Waals surface area contributed by atoms with Crippen LogP contribution in [0.15, 0.2) is 18.2 Å². The second kappa shape index (κ2) is 13.2. The van der Waals surface area contributed by atoms with E-state index in [1.807, 2.05) is 38.3 Å². The zero-order valence-corrected chi connectivity index (χ0v) is 23.2. The van der Waals surface area contributed by atoms with Crippen molar-refractivity contribution in [2.75, 3.05) is 19.1 Å². The van der Waals surface area contributed by atoms with Gasteiger partial charge in [0.15, 0.2) is 0 Å². The second-order valence-electron chi connectivity index (χ2n) is 10.5. The molecule has 2 N–H and O–H groups in total. The summed E-state index contributed by atoms with van der Waals surface area (Å²) in [6.45, 7) is 9.37. The van der Waals surface area contributed by atoms with E-state index in [4.69, 9.17) is 4.74 Å². The highest BCUT2D eigenvalue weighted by Gasteiger charge is 2.35. The maximum absolute atomic E-state index is 13.7.